The summed E-state index contributed by atoms with van der Waals surface area (Å²) in [7, 11) is 2.78. The van der Waals surface area contributed by atoms with Crippen LogP contribution in [0.1, 0.15) is 6.42 Å². The number of nitrogens with zero attached hydrogens (tertiary/aromatic N) is 1. The Morgan fingerprint density at radius 1 is 1.27 bits per heavy atom. The first-order chi connectivity index (χ1) is 7.17. The lowest BCUT2D eigenvalue weighted by atomic mass is 10.2. The van der Waals surface area contributed by atoms with Gasteiger partial charge in [0.05, 0.1) is 0 Å². The van der Waals surface area contributed by atoms with Gasteiger partial charge in [0.15, 0.2) is 12.2 Å². The van der Waals surface area contributed by atoms with Gasteiger partial charge in [-0.15, -0.1) is 6.58 Å². The van der Waals surface area contributed by atoms with E-state index in [-0.39, 0.29) is 11.8 Å². The van der Waals surface area contributed by atoms with Gasteiger partial charge < -0.3 is 9.47 Å². The van der Waals surface area contributed by atoms with E-state index < -0.39 is 12.2 Å². The number of imide groups is 1. The number of hydrogen-bond acceptors (Lipinski definition) is 4. The Hall–Kier alpha value is -1.20. The van der Waals surface area contributed by atoms with Gasteiger partial charge in [0, 0.05) is 20.8 Å². The second-order valence-corrected chi connectivity index (χ2v) is 3.22. The Balaban J connectivity index is 2.78. The molecule has 0 bridgehead atoms. The molecular weight excluding hydrogens is 198 g/mol. The zero-order valence-corrected chi connectivity index (χ0v) is 8.93. The predicted octanol–water partition coefficient (Wildman–Crippen LogP) is -0.0387. The Labute approximate surface area is 88.6 Å². The van der Waals surface area contributed by atoms with Crippen molar-refractivity contribution in [3.8, 4) is 0 Å². The minimum atomic E-state index is -0.813. The Morgan fingerprint density at radius 2 is 1.73 bits per heavy atom. The van der Waals surface area contributed by atoms with Crippen LogP contribution in [0.5, 0.6) is 0 Å². The molecule has 1 fully saturated rings. The zero-order valence-electron chi connectivity index (χ0n) is 8.93. The number of rotatable bonds is 5. The quantitative estimate of drug-likeness (QED) is 0.475. The maximum Gasteiger partial charge on any atom is 0.261 e. The molecule has 1 rings (SSSR count). The van der Waals surface area contributed by atoms with Crippen molar-refractivity contribution in [2.75, 3.05) is 20.8 Å². The third-order valence-corrected chi connectivity index (χ3v) is 2.36. The van der Waals surface area contributed by atoms with Crippen LogP contribution in [0.2, 0.25) is 0 Å². The molecule has 0 spiro atoms. The SMILES string of the molecule is C=CCCN1C(=O)[C@H](OC)[C@@H](OC)C1=O. The standard InChI is InChI=1S/C10H15NO4/c1-4-5-6-11-9(12)7(14-2)8(15-3)10(11)13/h4,7-8H,1,5-6H2,2-3H3/t7-,8-/m1/s1. The van der Waals surface area contributed by atoms with Crippen LogP contribution in [0.3, 0.4) is 0 Å². The fraction of sp³-hybridized carbons (Fsp3) is 0.600. The Bertz CT molecular complexity index is 255. The molecule has 1 aliphatic rings. The Morgan fingerprint density at radius 3 is 2.07 bits per heavy atom. The van der Waals surface area contributed by atoms with E-state index in [0.29, 0.717) is 13.0 Å². The van der Waals surface area contributed by atoms with Crippen molar-refractivity contribution >= 4 is 11.8 Å². The number of likely N-dealkylation sites (tertiary alicyclic amines) is 1. The van der Waals surface area contributed by atoms with E-state index >= 15 is 0 Å². The van der Waals surface area contributed by atoms with E-state index in [2.05, 4.69) is 6.58 Å². The van der Waals surface area contributed by atoms with E-state index in [1.807, 2.05) is 0 Å². The number of hydrogen-bond donors (Lipinski definition) is 0. The largest absolute Gasteiger partial charge is 0.368 e. The van der Waals surface area contributed by atoms with Crippen molar-refractivity contribution in [1.82, 2.24) is 4.90 Å². The van der Waals surface area contributed by atoms with Gasteiger partial charge in [0.1, 0.15) is 0 Å². The van der Waals surface area contributed by atoms with Crippen LogP contribution in [0.4, 0.5) is 0 Å². The van der Waals surface area contributed by atoms with E-state index in [1.165, 1.54) is 14.2 Å². The van der Waals surface area contributed by atoms with E-state index in [0.717, 1.165) is 4.90 Å². The average molecular weight is 213 g/mol. The van der Waals surface area contributed by atoms with Crippen LogP contribution in [0, 0.1) is 0 Å². The molecule has 5 heteroatoms. The van der Waals surface area contributed by atoms with Crippen LogP contribution in [0.15, 0.2) is 12.7 Å². The molecule has 5 nitrogen and oxygen atoms in total. The molecule has 0 unspecified atom stereocenters. The lowest BCUT2D eigenvalue weighted by molar-refractivity contribution is -0.141. The number of ether oxygens (including phenoxy) is 2. The molecular formula is C10H15NO4. The summed E-state index contributed by atoms with van der Waals surface area (Å²) >= 11 is 0. The van der Waals surface area contributed by atoms with Gasteiger partial charge in [-0.05, 0) is 6.42 Å². The van der Waals surface area contributed by atoms with Crippen molar-refractivity contribution in [1.29, 1.82) is 0 Å². The third kappa shape index (κ3) is 2.08. The Kier molecular flexibility index (Phi) is 3.99. The first-order valence-electron chi connectivity index (χ1n) is 4.69. The van der Waals surface area contributed by atoms with Crippen molar-refractivity contribution in [2.45, 2.75) is 18.6 Å². The predicted molar refractivity (Wildman–Crippen MR) is 53.1 cm³/mol. The van der Waals surface area contributed by atoms with Crippen molar-refractivity contribution in [3.63, 3.8) is 0 Å². The minimum Gasteiger partial charge on any atom is -0.368 e. The summed E-state index contributed by atoms with van der Waals surface area (Å²) in [5.74, 6) is -0.674. The summed E-state index contributed by atoms with van der Waals surface area (Å²) < 4.78 is 9.89. The molecule has 15 heavy (non-hydrogen) atoms. The molecule has 0 aliphatic carbocycles. The molecule has 0 saturated carbocycles. The van der Waals surface area contributed by atoms with Gasteiger partial charge in [-0.3, -0.25) is 14.5 Å². The third-order valence-electron chi connectivity index (χ3n) is 2.36. The highest BCUT2D eigenvalue weighted by Crippen LogP contribution is 2.19. The van der Waals surface area contributed by atoms with Crippen molar-refractivity contribution in [2.24, 2.45) is 0 Å². The summed E-state index contributed by atoms with van der Waals surface area (Å²) in [5.41, 5.74) is 0. The van der Waals surface area contributed by atoms with Gasteiger partial charge in [-0.1, -0.05) is 6.08 Å². The molecule has 2 amide bonds. The monoisotopic (exact) mass is 213 g/mol. The molecule has 1 aliphatic heterocycles. The van der Waals surface area contributed by atoms with Gasteiger partial charge in [0.2, 0.25) is 0 Å². The van der Waals surface area contributed by atoms with Crippen molar-refractivity contribution < 1.29 is 19.1 Å². The van der Waals surface area contributed by atoms with E-state index in [9.17, 15) is 9.59 Å². The molecule has 0 N–H and O–H groups in total. The smallest absolute Gasteiger partial charge is 0.261 e. The maximum atomic E-state index is 11.7. The van der Waals surface area contributed by atoms with E-state index in [1.54, 1.807) is 6.08 Å². The lowest BCUT2D eigenvalue weighted by Gasteiger charge is -2.12. The molecule has 1 heterocycles. The van der Waals surface area contributed by atoms with E-state index in [4.69, 9.17) is 9.47 Å². The first kappa shape index (κ1) is 11.9. The summed E-state index contributed by atoms with van der Waals surface area (Å²) in [6, 6.07) is 0. The number of carbonyl (C=O) groups excluding carboxylic acids is 2. The fourth-order valence-corrected chi connectivity index (χ4v) is 1.56. The highest BCUT2D eigenvalue weighted by Gasteiger charge is 2.47. The number of carbonyl (C=O) groups is 2. The van der Waals surface area contributed by atoms with Crippen LogP contribution < -0.4 is 0 Å². The number of methoxy groups -OCH3 is 2. The second kappa shape index (κ2) is 5.04. The van der Waals surface area contributed by atoms with Gasteiger partial charge in [-0.25, -0.2) is 0 Å². The fourth-order valence-electron chi connectivity index (χ4n) is 1.56. The van der Waals surface area contributed by atoms with Gasteiger partial charge >= 0.3 is 0 Å². The first-order valence-corrected chi connectivity index (χ1v) is 4.69. The second-order valence-electron chi connectivity index (χ2n) is 3.22. The molecule has 0 aromatic rings. The summed E-state index contributed by atoms with van der Waals surface area (Å²) in [5, 5.41) is 0. The summed E-state index contributed by atoms with van der Waals surface area (Å²) in [6.07, 6.45) is 0.604. The van der Waals surface area contributed by atoms with Crippen LogP contribution in [0.25, 0.3) is 0 Å². The molecule has 0 aromatic carbocycles. The highest BCUT2D eigenvalue weighted by atomic mass is 16.5. The molecule has 2 atom stereocenters. The number of amides is 2. The highest BCUT2D eigenvalue weighted by molar-refractivity contribution is 6.08. The minimum absolute atomic E-state index is 0.334. The summed E-state index contributed by atoms with van der Waals surface area (Å²) in [6.45, 7) is 3.87. The molecule has 0 aromatic heterocycles. The summed E-state index contributed by atoms with van der Waals surface area (Å²) in [4.78, 5) is 24.5. The van der Waals surface area contributed by atoms with Crippen molar-refractivity contribution in [3.05, 3.63) is 12.7 Å². The van der Waals surface area contributed by atoms with Crippen LogP contribution in [-0.4, -0.2) is 49.7 Å². The van der Waals surface area contributed by atoms with Gasteiger partial charge in [-0.2, -0.15) is 0 Å². The zero-order chi connectivity index (χ0) is 11.4. The molecule has 1 saturated heterocycles. The van der Waals surface area contributed by atoms with Crippen LogP contribution in [-0.2, 0) is 19.1 Å². The van der Waals surface area contributed by atoms with Gasteiger partial charge in [0.25, 0.3) is 11.8 Å². The van der Waals surface area contributed by atoms with Crippen LogP contribution >= 0.6 is 0 Å². The molecule has 84 valence electrons. The molecule has 0 radical (unpaired) electrons. The lowest BCUT2D eigenvalue weighted by Crippen LogP contribution is -2.33. The normalized spacial score (nSPS) is 26.1. The average Bonchev–Trinajstić information content (AvgIpc) is 2.47. The maximum absolute atomic E-state index is 11.7. The topological polar surface area (TPSA) is 55.8 Å².